The van der Waals surface area contributed by atoms with Gasteiger partial charge in [-0.1, -0.05) is 12.1 Å². The minimum atomic E-state index is -1.59. The summed E-state index contributed by atoms with van der Waals surface area (Å²) in [6.07, 6.45) is -6.09. The molecule has 1 aliphatic heterocycles. The molecule has 8 N–H and O–H groups in total. The van der Waals surface area contributed by atoms with Gasteiger partial charge in [-0.2, -0.15) is 0 Å². The SMILES string of the molecule is O=C(C(O)=Cc1ccc(OC2O[C@H](CO)[C@@H](O)[C@H](O)[C@H]2O)cc1)c1ccc(O)c(O)c1O. The Morgan fingerprint density at radius 2 is 1.59 bits per heavy atom. The van der Waals surface area contributed by atoms with E-state index in [0.29, 0.717) is 5.56 Å². The summed E-state index contributed by atoms with van der Waals surface area (Å²) in [7, 11) is 0. The molecule has 32 heavy (non-hydrogen) atoms. The molecule has 11 heteroatoms. The zero-order valence-corrected chi connectivity index (χ0v) is 16.4. The lowest BCUT2D eigenvalue weighted by Gasteiger charge is -2.39. The molecule has 0 bridgehead atoms. The highest BCUT2D eigenvalue weighted by Gasteiger charge is 2.44. The Kier molecular flexibility index (Phi) is 6.87. The molecule has 0 aliphatic carbocycles. The van der Waals surface area contributed by atoms with Gasteiger partial charge in [0.1, 0.15) is 30.2 Å². The summed E-state index contributed by atoms with van der Waals surface area (Å²) in [6.45, 7) is -0.601. The lowest BCUT2D eigenvalue weighted by atomic mass is 9.99. The second kappa shape index (κ2) is 9.42. The summed E-state index contributed by atoms with van der Waals surface area (Å²) in [4.78, 5) is 12.3. The maximum Gasteiger partial charge on any atom is 0.231 e. The largest absolute Gasteiger partial charge is 0.504 e. The Morgan fingerprint density at radius 3 is 2.22 bits per heavy atom. The van der Waals surface area contributed by atoms with E-state index in [-0.39, 0.29) is 5.75 Å². The first-order valence-electron chi connectivity index (χ1n) is 9.40. The normalized spacial score (nSPS) is 26.0. The number of ether oxygens (including phenoxy) is 2. The van der Waals surface area contributed by atoms with Crippen molar-refractivity contribution < 1.29 is 55.1 Å². The molecule has 1 saturated heterocycles. The summed E-state index contributed by atoms with van der Waals surface area (Å²) >= 11 is 0. The van der Waals surface area contributed by atoms with Crippen molar-refractivity contribution in [3.63, 3.8) is 0 Å². The number of allylic oxidation sites excluding steroid dienone is 1. The Hall–Kier alpha value is -3.35. The smallest absolute Gasteiger partial charge is 0.231 e. The number of carbonyl (C=O) groups excluding carboxylic acids is 1. The number of hydrogen-bond donors (Lipinski definition) is 8. The number of phenols is 3. The second-order valence-electron chi connectivity index (χ2n) is 7.07. The van der Waals surface area contributed by atoms with Crippen LogP contribution in [0.2, 0.25) is 0 Å². The number of benzene rings is 2. The lowest BCUT2D eigenvalue weighted by Crippen LogP contribution is -2.60. The van der Waals surface area contributed by atoms with E-state index < -0.39 is 71.7 Å². The van der Waals surface area contributed by atoms with E-state index in [0.717, 1.165) is 18.2 Å². The average molecular weight is 450 g/mol. The fourth-order valence-corrected chi connectivity index (χ4v) is 3.06. The first-order chi connectivity index (χ1) is 15.1. The molecule has 172 valence electrons. The predicted octanol–water partition coefficient (Wildman–Crippen LogP) is -0.236. The molecule has 1 aliphatic rings. The Balaban J connectivity index is 1.72. The lowest BCUT2D eigenvalue weighted by molar-refractivity contribution is -0.277. The molecule has 0 radical (unpaired) electrons. The van der Waals surface area contributed by atoms with Gasteiger partial charge in [0.15, 0.2) is 17.3 Å². The maximum atomic E-state index is 12.3. The Bertz CT molecular complexity index is 1000. The number of carbonyl (C=O) groups is 1. The van der Waals surface area contributed by atoms with E-state index in [2.05, 4.69) is 0 Å². The van der Waals surface area contributed by atoms with Gasteiger partial charge in [-0.25, -0.2) is 0 Å². The zero-order valence-electron chi connectivity index (χ0n) is 16.4. The zero-order chi connectivity index (χ0) is 23.6. The fourth-order valence-electron chi connectivity index (χ4n) is 3.06. The van der Waals surface area contributed by atoms with Crippen molar-refractivity contribution in [3.8, 4) is 23.0 Å². The van der Waals surface area contributed by atoms with Crippen LogP contribution >= 0.6 is 0 Å². The van der Waals surface area contributed by atoms with Crippen LogP contribution in [0.1, 0.15) is 15.9 Å². The molecule has 1 heterocycles. The molecule has 1 fully saturated rings. The first-order valence-corrected chi connectivity index (χ1v) is 9.40. The molecule has 0 saturated carbocycles. The number of Topliss-reactive ketones (excluding diaryl/α,β-unsaturated/α-hetero) is 1. The van der Waals surface area contributed by atoms with Gasteiger partial charge in [-0.15, -0.1) is 0 Å². The molecular weight excluding hydrogens is 428 g/mol. The van der Waals surface area contributed by atoms with E-state index in [9.17, 15) is 45.6 Å². The van der Waals surface area contributed by atoms with Crippen LogP contribution in [0.5, 0.6) is 23.0 Å². The van der Waals surface area contributed by atoms with Crippen molar-refractivity contribution in [1.29, 1.82) is 0 Å². The number of phenolic OH excluding ortho intramolecular Hbond substituents is 3. The predicted molar refractivity (Wildman–Crippen MR) is 107 cm³/mol. The van der Waals surface area contributed by atoms with E-state index in [1.807, 2.05) is 0 Å². The van der Waals surface area contributed by atoms with Gasteiger partial charge in [0.25, 0.3) is 0 Å². The third-order valence-corrected chi connectivity index (χ3v) is 4.89. The van der Waals surface area contributed by atoms with Crippen LogP contribution in [-0.2, 0) is 4.74 Å². The summed E-state index contributed by atoms with van der Waals surface area (Å²) in [5, 5.41) is 77.5. The van der Waals surface area contributed by atoms with Crippen molar-refractivity contribution in [1.82, 2.24) is 0 Å². The topological polar surface area (TPSA) is 197 Å². The quantitative estimate of drug-likeness (QED) is 0.125. The average Bonchev–Trinajstić information content (AvgIpc) is 2.78. The van der Waals surface area contributed by atoms with Gasteiger partial charge in [0.05, 0.1) is 12.2 Å². The number of aliphatic hydroxyl groups excluding tert-OH is 5. The molecule has 2 aromatic carbocycles. The first kappa shape index (κ1) is 23.3. The van der Waals surface area contributed by atoms with Crippen molar-refractivity contribution in [2.45, 2.75) is 30.7 Å². The van der Waals surface area contributed by atoms with Crippen LogP contribution < -0.4 is 4.74 Å². The minimum Gasteiger partial charge on any atom is -0.504 e. The molecular formula is C21H22O11. The van der Waals surface area contributed by atoms with E-state index >= 15 is 0 Å². The van der Waals surface area contributed by atoms with E-state index in [4.69, 9.17) is 9.47 Å². The standard InChI is InChI=1S/C21H22O11/c22-8-14-18(28)19(29)20(30)21(32-14)31-10-3-1-9(2-4-10)7-13(24)15(25)11-5-6-12(23)17(27)16(11)26/h1-7,14,18-24,26-30H,8H2/t14-,18-,19+,20-,21?/m1/s1. The number of aliphatic hydroxyl groups is 5. The minimum absolute atomic E-state index is 0.179. The second-order valence-corrected chi connectivity index (χ2v) is 7.07. The van der Waals surface area contributed by atoms with Gasteiger partial charge in [0, 0.05) is 0 Å². The Morgan fingerprint density at radius 1 is 0.938 bits per heavy atom. The van der Waals surface area contributed by atoms with Crippen molar-refractivity contribution in [3.05, 3.63) is 53.3 Å². The van der Waals surface area contributed by atoms with Crippen molar-refractivity contribution in [2.24, 2.45) is 0 Å². The molecule has 5 atom stereocenters. The van der Waals surface area contributed by atoms with E-state index in [1.165, 1.54) is 24.3 Å². The van der Waals surface area contributed by atoms with Gasteiger partial charge in [-0.05, 0) is 35.9 Å². The molecule has 3 rings (SSSR count). The van der Waals surface area contributed by atoms with Gasteiger partial charge < -0.3 is 50.3 Å². The van der Waals surface area contributed by atoms with Gasteiger partial charge in [0.2, 0.25) is 17.8 Å². The highest BCUT2D eigenvalue weighted by atomic mass is 16.7. The van der Waals surface area contributed by atoms with Crippen molar-refractivity contribution in [2.75, 3.05) is 6.61 Å². The van der Waals surface area contributed by atoms with Crippen LogP contribution in [-0.4, -0.2) is 83.9 Å². The molecule has 2 aromatic rings. The third kappa shape index (κ3) is 4.61. The maximum absolute atomic E-state index is 12.3. The fraction of sp³-hybridized carbons (Fsp3) is 0.286. The number of ketones is 1. The molecule has 1 unspecified atom stereocenters. The van der Waals surface area contributed by atoms with Crippen LogP contribution in [0.15, 0.2) is 42.2 Å². The summed E-state index contributed by atoms with van der Waals surface area (Å²) < 4.78 is 10.7. The highest BCUT2D eigenvalue weighted by Crippen LogP contribution is 2.37. The van der Waals surface area contributed by atoms with Gasteiger partial charge in [-0.3, -0.25) is 4.79 Å². The summed E-state index contributed by atoms with van der Waals surface area (Å²) in [5.74, 6) is -3.97. The monoisotopic (exact) mass is 450 g/mol. The Labute approximate surface area is 181 Å². The number of aromatic hydroxyl groups is 3. The van der Waals surface area contributed by atoms with Crippen LogP contribution in [0.4, 0.5) is 0 Å². The molecule has 11 nitrogen and oxygen atoms in total. The van der Waals surface area contributed by atoms with Crippen LogP contribution in [0.25, 0.3) is 6.08 Å². The molecule has 0 amide bonds. The summed E-state index contributed by atoms with van der Waals surface area (Å²) in [6, 6.07) is 7.73. The number of hydrogen-bond acceptors (Lipinski definition) is 11. The highest BCUT2D eigenvalue weighted by molar-refractivity contribution is 6.11. The van der Waals surface area contributed by atoms with Crippen LogP contribution in [0, 0.1) is 0 Å². The van der Waals surface area contributed by atoms with Crippen molar-refractivity contribution >= 4 is 11.9 Å². The van der Waals surface area contributed by atoms with E-state index in [1.54, 1.807) is 0 Å². The third-order valence-electron chi connectivity index (χ3n) is 4.89. The molecule has 0 spiro atoms. The van der Waals surface area contributed by atoms with Gasteiger partial charge >= 0.3 is 0 Å². The molecule has 0 aromatic heterocycles. The number of rotatable bonds is 6. The summed E-state index contributed by atoms with van der Waals surface area (Å²) in [5.41, 5.74) is -0.0730. The van der Waals surface area contributed by atoms with Crippen LogP contribution in [0.3, 0.4) is 0 Å².